The molecule has 4 rings (SSSR count). The summed E-state index contributed by atoms with van der Waals surface area (Å²) in [6.45, 7) is 1.46. The third kappa shape index (κ3) is 7.11. The lowest BCUT2D eigenvalue weighted by atomic mass is 9.91. The molecule has 1 aromatic carbocycles. The van der Waals surface area contributed by atoms with Crippen molar-refractivity contribution >= 4 is 29.3 Å². The maximum Gasteiger partial charge on any atom is 0.293 e. The quantitative estimate of drug-likeness (QED) is 0.508. The third-order valence-electron chi connectivity index (χ3n) is 7.19. The van der Waals surface area contributed by atoms with Gasteiger partial charge in [-0.1, -0.05) is 48.2 Å². The van der Waals surface area contributed by atoms with E-state index in [1.54, 1.807) is 23.1 Å². The first kappa shape index (κ1) is 27.1. The van der Waals surface area contributed by atoms with Crippen molar-refractivity contribution in [3.8, 4) is 0 Å². The van der Waals surface area contributed by atoms with Gasteiger partial charge >= 0.3 is 0 Å². The van der Waals surface area contributed by atoms with Crippen LogP contribution in [0.2, 0.25) is 5.02 Å². The molecule has 2 fully saturated rings. The summed E-state index contributed by atoms with van der Waals surface area (Å²) >= 11 is 6.03. The fourth-order valence-electron chi connectivity index (χ4n) is 5.12. The Morgan fingerprint density at radius 1 is 1.08 bits per heavy atom. The first-order valence-electron chi connectivity index (χ1n) is 13.0. The molecule has 1 aromatic heterocycles. The Morgan fingerprint density at radius 2 is 1.78 bits per heavy atom. The molecule has 2 heterocycles. The van der Waals surface area contributed by atoms with E-state index >= 15 is 0 Å². The maximum atomic E-state index is 13.6. The Morgan fingerprint density at radius 3 is 2.41 bits per heavy atom. The zero-order valence-corrected chi connectivity index (χ0v) is 22.3. The Bertz CT molecular complexity index is 1050. The largest absolute Gasteiger partial charge is 0.351 e. The first-order valence-corrected chi connectivity index (χ1v) is 13.4. The molecule has 0 bridgehead atoms. The predicted octanol–water partition coefficient (Wildman–Crippen LogP) is 2.99. The van der Waals surface area contributed by atoms with Crippen LogP contribution < -0.4 is 5.32 Å². The third-order valence-corrected chi connectivity index (χ3v) is 7.44. The summed E-state index contributed by atoms with van der Waals surface area (Å²) in [6, 6.07) is 8.24. The number of halogens is 1. The Labute approximate surface area is 223 Å². The average Bonchev–Trinajstić information content (AvgIpc) is 3.40. The zero-order chi connectivity index (χ0) is 26.4. The minimum absolute atomic E-state index is 0.0923. The van der Waals surface area contributed by atoms with Crippen LogP contribution in [-0.2, 0) is 16.0 Å². The van der Waals surface area contributed by atoms with Crippen LogP contribution in [0.25, 0.3) is 0 Å². The maximum absolute atomic E-state index is 13.6. The molecular weight excluding hydrogens is 494 g/mol. The van der Waals surface area contributed by atoms with Gasteiger partial charge in [0.05, 0.1) is 12.2 Å². The second-order valence-corrected chi connectivity index (χ2v) is 10.7. The molecule has 1 atom stereocenters. The molecular formula is C27H36ClN5O4. The van der Waals surface area contributed by atoms with Gasteiger partial charge in [-0.15, -0.1) is 0 Å². The molecule has 1 saturated carbocycles. The van der Waals surface area contributed by atoms with Gasteiger partial charge in [0.1, 0.15) is 6.04 Å². The van der Waals surface area contributed by atoms with E-state index < -0.39 is 6.04 Å². The van der Waals surface area contributed by atoms with Crippen LogP contribution in [0, 0.1) is 0 Å². The molecule has 1 aliphatic carbocycles. The molecule has 0 spiro atoms. The van der Waals surface area contributed by atoms with Gasteiger partial charge in [0, 0.05) is 49.6 Å². The van der Waals surface area contributed by atoms with Crippen molar-refractivity contribution in [3.63, 3.8) is 0 Å². The fourth-order valence-corrected chi connectivity index (χ4v) is 5.25. The number of carbonyl (C=O) groups excluding carboxylic acids is 3. The van der Waals surface area contributed by atoms with E-state index in [1.807, 2.05) is 36.0 Å². The summed E-state index contributed by atoms with van der Waals surface area (Å²) in [5.41, 5.74) is 0.914. The summed E-state index contributed by atoms with van der Waals surface area (Å²) in [7, 11) is 3.81. The van der Waals surface area contributed by atoms with Crippen molar-refractivity contribution in [1.29, 1.82) is 0 Å². The summed E-state index contributed by atoms with van der Waals surface area (Å²) in [5, 5.41) is 7.26. The van der Waals surface area contributed by atoms with Gasteiger partial charge in [-0.3, -0.25) is 14.4 Å². The number of nitrogens with one attached hydrogen (secondary N) is 1. The SMILES string of the molecule is CN(C)CCC(=O)NC(Cc1ccc(Cl)cc1)C(=O)N1CC(N(C(=O)c2ccno2)C2CCCCC2)C1. The lowest BCUT2D eigenvalue weighted by molar-refractivity contribution is -0.143. The first-order chi connectivity index (χ1) is 17.8. The van der Waals surface area contributed by atoms with Crippen molar-refractivity contribution in [2.75, 3.05) is 33.7 Å². The van der Waals surface area contributed by atoms with Gasteiger partial charge in [0.2, 0.25) is 17.6 Å². The molecule has 10 heteroatoms. The number of benzene rings is 1. The van der Waals surface area contributed by atoms with Gasteiger partial charge in [-0.05, 0) is 44.6 Å². The number of amides is 3. The van der Waals surface area contributed by atoms with Crippen LogP contribution in [0.15, 0.2) is 41.1 Å². The normalized spacial score (nSPS) is 17.4. The Kier molecular flexibility index (Phi) is 9.21. The zero-order valence-electron chi connectivity index (χ0n) is 21.6. The summed E-state index contributed by atoms with van der Waals surface area (Å²) in [6.07, 6.45) is 7.40. The highest BCUT2D eigenvalue weighted by molar-refractivity contribution is 6.30. The van der Waals surface area contributed by atoms with E-state index in [1.165, 1.54) is 12.6 Å². The average molecular weight is 530 g/mol. The van der Waals surface area contributed by atoms with E-state index in [4.69, 9.17) is 16.1 Å². The summed E-state index contributed by atoms with van der Waals surface area (Å²) in [4.78, 5) is 45.1. The van der Waals surface area contributed by atoms with Crippen LogP contribution in [0.1, 0.15) is 54.6 Å². The van der Waals surface area contributed by atoms with Crippen molar-refractivity contribution < 1.29 is 18.9 Å². The standard InChI is InChI=1S/C27H36ClN5O4/c1-31(2)15-13-25(34)30-23(16-19-8-10-20(28)11-9-19)26(35)32-17-22(18-32)33(21-6-4-3-5-7-21)27(36)24-12-14-29-37-24/h8-12,14,21-23H,3-7,13,15-18H2,1-2H3,(H,30,34). The van der Waals surface area contributed by atoms with Crippen molar-refractivity contribution in [2.45, 2.75) is 63.1 Å². The van der Waals surface area contributed by atoms with E-state index in [2.05, 4.69) is 10.5 Å². The molecule has 1 saturated heterocycles. The minimum Gasteiger partial charge on any atom is -0.351 e. The van der Waals surface area contributed by atoms with Crippen molar-refractivity contribution in [1.82, 2.24) is 25.2 Å². The van der Waals surface area contributed by atoms with Crippen LogP contribution in [-0.4, -0.2) is 89.4 Å². The second kappa shape index (κ2) is 12.6. The molecule has 1 unspecified atom stereocenters. The molecule has 2 aliphatic rings. The number of hydrogen-bond donors (Lipinski definition) is 1. The van der Waals surface area contributed by atoms with Crippen LogP contribution in [0.4, 0.5) is 0 Å². The number of carbonyl (C=O) groups is 3. The topological polar surface area (TPSA) is 99.0 Å². The van der Waals surface area contributed by atoms with Crippen LogP contribution in [0.5, 0.6) is 0 Å². The van der Waals surface area contributed by atoms with Gasteiger partial charge in [0.15, 0.2) is 0 Å². The van der Waals surface area contributed by atoms with Gasteiger partial charge in [0.25, 0.3) is 5.91 Å². The molecule has 0 radical (unpaired) electrons. The Balaban J connectivity index is 1.44. The van der Waals surface area contributed by atoms with Crippen LogP contribution >= 0.6 is 11.6 Å². The van der Waals surface area contributed by atoms with Crippen molar-refractivity contribution in [3.05, 3.63) is 52.9 Å². The van der Waals surface area contributed by atoms with E-state index in [-0.39, 0.29) is 35.6 Å². The number of nitrogens with zero attached hydrogens (tertiary/aromatic N) is 4. The highest BCUT2D eigenvalue weighted by Crippen LogP contribution is 2.29. The predicted molar refractivity (Wildman–Crippen MR) is 140 cm³/mol. The lowest BCUT2D eigenvalue weighted by Gasteiger charge is -2.49. The van der Waals surface area contributed by atoms with E-state index in [0.29, 0.717) is 37.5 Å². The fraction of sp³-hybridized carbons (Fsp3) is 0.556. The van der Waals surface area contributed by atoms with E-state index in [9.17, 15) is 14.4 Å². The minimum atomic E-state index is -0.690. The lowest BCUT2D eigenvalue weighted by Crippen LogP contribution is -2.67. The van der Waals surface area contributed by atoms with Gasteiger partial charge < -0.3 is 24.5 Å². The summed E-state index contributed by atoms with van der Waals surface area (Å²) < 4.78 is 5.17. The Hall–Kier alpha value is -2.91. The number of hydrogen-bond acceptors (Lipinski definition) is 6. The van der Waals surface area contributed by atoms with Crippen molar-refractivity contribution in [2.24, 2.45) is 0 Å². The molecule has 200 valence electrons. The molecule has 37 heavy (non-hydrogen) atoms. The smallest absolute Gasteiger partial charge is 0.293 e. The highest BCUT2D eigenvalue weighted by atomic mass is 35.5. The van der Waals surface area contributed by atoms with Gasteiger partial charge in [-0.2, -0.15) is 0 Å². The molecule has 3 amide bonds. The highest BCUT2D eigenvalue weighted by Gasteiger charge is 2.43. The monoisotopic (exact) mass is 529 g/mol. The molecule has 1 aliphatic heterocycles. The van der Waals surface area contributed by atoms with E-state index in [0.717, 1.165) is 31.2 Å². The number of rotatable bonds is 10. The number of likely N-dealkylation sites (tertiary alicyclic amines) is 1. The summed E-state index contributed by atoms with van der Waals surface area (Å²) in [5.74, 6) is -0.247. The van der Waals surface area contributed by atoms with Crippen LogP contribution in [0.3, 0.4) is 0 Å². The van der Waals surface area contributed by atoms with Gasteiger partial charge in [-0.25, -0.2) is 0 Å². The second-order valence-electron chi connectivity index (χ2n) is 10.3. The molecule has 9 nitrogen and oxygen atoms in total. The molecule has 2 aromatic rings. The number of aromatic nitrogens is 1. The molecule has 1 N–H and O–H groups in total.